The SMILES string of the molecule is CCN1C(=O)C(C#N)=C(C)/C(=C/c2cc3oc(-c4c(F)c(P)c(C)c(F)c4P)nc3s2)C1=O. The predicted octanol–water partition coefficient (Wildman–Crippen LogP) is 3.76. The summed E-state index contributed by atoms with van der Waals surface area (Å²) in [6, 6.07) is 3.49. The fourth-order valence-corrected chi connectivity index (χ4v) is 5.18. The second-order valence-corrected chi connectivity index (χ2v) is 9.53. The quantitative estimate of drug-likeness (QED) is 0.309. The fourth-order valence-electron chi connectivity index (χ4n) is 3.55. The van der Waals surface area contributed by atoms with Gasteiger partial charge in [-0.25, -0.2) is 8.78 Å². The van der Waals surface area contributed by atoms with Crippen molar-refractivity contribution in [2.45, 2.75) is 20.8 Å². The molecule has 168 valence electrons. The standard InChI is InChI=1S/C22H17F2N3O3P2S/c1-4-27-21(28)11(8(2)12(7-25)22(27)29)5-10-6-13-20(33-10)26-19(30-13)14-16(24)17(31)9(3)15(23)18(14)32/h5-6H,4,31-32H2,1-3H3/b11-5-. The highest BCUT2D eigenvalue weighted by molar-refractivity contribution is 7.29. The van der Waals surface area contributed by atoms with E-state index in [0.717, 1.165) is 4.90 Å². The molecule has 4 rings (SSSR count). The van der Waals surface area contributed by atoms with Gasteiger partial charge in [-0.05, 0) is 38.0 Å². The van der Waals surface area contributed by atoms with Crippen molar-refractivity contribution >= 4 is 68.7 Å². The largest absolute Gasteiger partial charge is 0.435 e. The van der Waals surface area contributed by atoms with Gasteiger partial charge in [0.05, 0.1) is 5.56 Å². The van der Waals surface area contributed by atoms with E-state index in [-0.39, 0.29) is 45.3 Å². The Hall–Kier alpha value is -2.78. The van der Waals surface area contributed by atoms with Crippen molar-refractivity contribution in [3.8, 4) is 17.5 Å². The highest BCUT2D eigenvalue weighted by Crippen LogP contribution is 2.35. The van der Waals surface area contributed by atoms with Crippen LogP contribution in [-0.2, 0) is 9.59 Å². The lowest BCUT2D eigenvalue weighted by molar-refractivity contribution is -0.140. The molecule has 1 aliphatic rings. The number of hydrogen-bond donors (Lipinski definition) is 0. The molecular formula is C22H17F2N3O3P2S. The van der Waals surface area contributed by atoms with Crippen LogP contribution in [0.1, 0.15) is 24.3 Å². The van der Waals surface area contributed by atoms with E-state index in [1.807, 2.05) is 6.07 Å². The minimum absolute atomic E-state index is 0.0226. The summed E-state index contributed by atoms with van der Waals surface area (Å²) in [4.78, 5) is 31.5. The molecule has 0 spiro atoms. The number of hydrogen-bond acceptors (Lipinski definition) is 6. The molecule has 0 aliphatic carbocycles. The van der Waals surface area contributed by atoms with Crippen LogP contribution in [-0.4, -0.2) is 28.2 Å². The van der Waals surface area contributed by atoms with Crippen LogP contribution in [0.3, 0.4) is 0 Å². The van der Waals surface area contributed by atoms with Crippen LogP contribution >= 0.6 is 29.8 Å². The van der Waals surface area contributed by atoms with Crippen LogP contribution in [0.4, 0.5) is 8.78 Å². The molecule has 0 radical (unpaired) electrons. The maximum absolute atomic E-state index is 14.9. The molecule has 0 N–H and O–H groups in total. The summed E-state index contributed by atoms with van der Waals surface area (Å²) in [7, 11) is 4.38. The van der Waals surface area contributed by atoms with E-state index in [1.54, 1.807) is 26.0 Å². The number of rotatable bonds is 3. The van der Waals surface area contributed by atoms with Gasteiger partial charge in [-0.15, -0.1) is 29.8 Å². The molecule has 2 aromatic heterocycles. The molecule has 1 aliphatic heterocycles. The number of benzene rings is 1. The zero-order chi connectivity index (χ0) is 24.2. The topological polar surface area (TPSA) is 87.2 Å². The molecule has 1 aromatic carbocycles. The summed E-state index contributed by atoms with van der Waals surface area (Å²) >= 11 is 1.18. The van der Waals surface area contributed by atoms with Crippen molar-refractivity contribution in [2.75, 3.05) is 6.54 Å². The Kier molecular flexibility index (Phi) is 6.05. The van der Waals surface area contributed by atoms with Crippen molar-refractivity contribution in [3.63, 3.8) is 0 Å². The van der Waals surface area contributed by atoms with Gasteiger partial charge >= 0.3 is 0 Å². The number of aromatic nitrogens is 1. The Morgan fingerprint density at radius 2 is 1.91 bits per heavy atom. The number of likely N-dealkylation sites (N-methyl/N-ethyl adjacent to an activating group) is 1. The highest BCUT2D eigenvalue weighted by atomic mass is 32.1. The van der Waals surface area contributed by atoms with E-state index in [1.165, 1.54) is 18.3 Å². The molecule has 0 fully saturated rings. The molecule has 3 aromatic rings. The molecule has 11 heteroatoms. The van der Waals surface area contributed by atoms with E-state index >= 15 is 0 Å². The van der Waals surface area contributed by atoms with E-state index in [4.69, 9.17) is 4.42 Å². The second kappa shape index (κ2) is 8.53. The lowest BCUT2D eigenvalue weighted by atomic mass is 9.95. The first-order chi connectivity index (χ1) is 15.6. The lowest BCUT2D eigenvalue weighted by Crippen LogP contribution is -2.42. The van der Waals surface area contributed by atoms with Gasteiger partial charge in [0.25, 0.3) is 11.8 Å². The van der Waals surface area contributed by atoms with Crippen molar-refractivity contribution < 1.29 is 22.8 Å². The normalized spacial score (nSPS) is 15.8. The number of carbonyl (C=O) groups excluding carboxylic acids is 2. The van der Waals surface area contributed by atoms with Crippen molar-refractivity contribution in [3.05, 3.63) is 44.9 Å². The Morgan fingerprint density at radius 1 is 1.21 bits per heavy atom. The van der Waals surface area contributed by atoms with Crippen LogP contribution in [0.5, 0.6) is 0 Å². The number of amides is 2. The highest BCUT2D eigenvalue weighted by Gasteiger charge is 2.34. The fraction of sp³-hybridized carbons (Fsp3) is 0.182. The number of nitriles is 1. The number of oxazole rings is 1. The predicted molar refractivity (Wildman–Crippen MR) is 129 cm³/mol. The molecular weight excluding hydrogens is 486 g/mol. The van der Waals surface area contributed by atoms with E-state index in [9.17, 15) is 23.6 Å². The first kappa shape index (κ1) is 23.4. The number of nitrogens with zero attached hydrogens (tertiary/aromatic N) is 3. The van der Waals surface area contributed by atoms with E-state index in [2.05, 4.69) is 23.5 Å². The molecule has 2 amide bonds. The van der Waals surface area contributed by atoms with Gasteiger partial charge in [0.15, 0.2) is 10.4 Å². The number of imide groups is 1. The summed E-state index contributed by atoms with van der Waals surface area (Å²) in [6.07, 6.45) is 1.57. The first-order valence-electron chi connectivity index (χ1n) is 9.73. The zero-order valence-electron chi connectivity index (χ0n) is 17.7. The molecule has 2 unspecified atom stereocenters. The Bertz CT molecular complexity index is 1420. The van der Waals surface area contributed by atoms with Crippen LogP contribution in [0.2, 0.25) is 0 Å². The van der Waals surface area contributed by atoms with Gasteiger partial charge < -0.3 is 4.42 Å². The average molecular weight is 503 g/mol. The third-order valence-electron chi connectivity index (χ3n) is 5.45. The zero-order valence-corrected chi connectivity index (χ0v) is 20.9. The Morgan fingerprint density at radius 3 is 2.52 bits per heavy atom. The summed E-state index contributed by atoms with van der Waals surface area (Å²) in [5, 5.41) is 9.48. The van der Waals surface area contributed by atoms with Crippen molar-refractivity contribution in [2.24, 2.45) is 0 Å². The maximum Gasteiger partial charge on any atom is 0.271 e. The van der Waals surface area contributed by atoms with Crippen LogP contribution in [0.15, 0.2) is 27.2 Å². The molecule has 2 atom stereocenters. The van der Waals surface area contributed by atoms with Gasteiger partial charge in [0.1, 0.15) is 23.3 Å². The summed E-state index contributed by atoms with van der Waals surface area (Å²) in [6.45, 7) is 4.83. The molecule has 0 saturated carbocycles. The monoisotopic (exact) mass is 503 g/mol. The first-order valence-corrected chi connectivity index (χ1v) is 11.7. The molecule has 6 nitrogen and oxygen atoms in total. The van der Waals surface area contributed by atoms with Crippen molar-refractivity contribution in [1.29, 1.82) is 5.26 Å². The third-order valence-corrected chi connectivity index (χ3v) is 7.63. The Balaban J connectivity index is 1.80. The van der Waals surface area contributed by atoms with Gasteiger partial charge in [-0.3, -0.25) is 14.5 Å². The molecule has 33 heavy (non-hydrogen) atoms. The number of thiophene rings is 1. The van der Waals surface area contributed by atoms with E-state index in [0.29, 0.717) is 20.9 Å². The summed E-state index contributed by atoms with van der Waals surface area (Å²) < 4.78 is 35.1. The number of halogens is 2. The summed E-state index contributed by atoms with van der Waals surface area (Å²) in [5.74, 6) is -2.35. The van der Waals surface area contributed by atoms with Gasteiger partial charge in [0, 0.05) is 33.7 Å². The van der Waals surface area contributed by atoms with E-state index < -0.39 is 23.4 Å². The second-order valence-electron chi connectivity index (χ2n) is 7.32. The smallest absolute Gasteiger partial charge is 0.271 e. The average Bonchev–Trinajstić information content (AvgIpc) is 3.33. The number of fused-ring (bicyclic) bond motifs is 1. The van der Waals surface area contributed by atoms with Crippen LogP contribution < -0.4 is 10.6 Å². The van der Waals surface area contributed by atoms with Gasteiger partial charge in [-0.2, -0.15) is 10.2 Å². The molecule has 3 heterocycles. The minimum Gasteiger partial charge on any atom is -0.435 e. The number of carbonyl (C=O) groups is 2. The summed E-state index contributed by atoms with van der Waals surface area (Å²) in [5.41, 5.74) is 0.892. The minimum atomic E-state index is -0.637. The van der Waals surface area contributed by atoms with Crippen LogP contribution in [0.25, 0.3) is 27.9 Å². The van der Waals surface area contributed by atoms with Crippen LogP contribution in [0, 0.1) is 29.9 Å². The maximum atomic E-state index is 14.9. The van der Waals surface area contributed by atoms with Gasteiger partial charge in [0.2, 0.25) is 5.89 Å². The third kappa shape index (κ3) is 3.63. The van der Waals surface area contributed by atoms with Gasteiger partial charge in [-0.1, -0.05) is 0 Å². The lowest BCUT2D eigenvalue weighted by Gasteiger charge is -2.26. The molecule has 0 saturated heterocycles. The van der Waals surface area contributed by atoms with Crippen molar-refractivity contribution in [1.82, 2.24) is 9.88 Å². The molecule has 0 bridgehead atoms. The Labute approximate surface area is 196 Å².